The summed E-state index contributed by atoms with van der Waals surface area (Å²) in [5.74, 6) is 0.681. The summed E-state index contributed by atoms with van der Waals surface area (Å²) in [5, 5.41) is 3.30. The number of benzene rings is 1. The summed E-state index contributed by atoms with van der Waals surface area (Å²) in [5.41, 5.74) is 0.995. The Balaban J connectivity index is 0.00000243. The van der Waals surface area contributed by atoms with Crippen LogP contribution in [0.25, 0.3) is 0 Å². The number of amides is 1. The van der Waals surface area contributed by atoms with Gasteiger partial charge in [-0.3, -0.25) is 9.79 Å². The zero-order chi connectivity index (χ0) is 17.6. The number of carbonyl (C=O) groups excluding carboxylic acids is 1. The van der Waals surface area contributed by atoms with E-state index in [4.69, 9.17) is 4.74 Å². The summed E-state index contributed by atoms with van der Waals surface area (Å²) in [6, 6.07) is 6.42. The van der Waals surface area contributed by atoms with E-state index in [1.54, 1.807) is 19.2 Å². The van der Waals surface area contributed by atoms with Crippen molar-refractivity contribution in [3.8, 4) is 0 Å². The number of nitrogens with one attached hydrogen (secondary N) is 1. The van der Waals surface area contributed by atoms with Crippen molar-refractivity contribution in [2.24, 2.45) is 4.99 Å². The van der Waals surface area contributed by atoms with E-state index in [0.717, 1.165) is 37.5 Å². The summed E-state index contributed by atoms with van der Waals surface area (Å²) < 4.78 is 18.5. The van der Waals surface area contributed by atoms with Gasteiger partial charge in [0.15, 0.2) is 5.96 Å². The predicted molar refractivity (Wildman–Crippen MR) is 109 cm³/mol. The van der Waals surface area contributed by atoms with Gasteiger partial charge in [0.05, 0.1) is 0 Å². The lowest BCUT2D eigenvalue weighted by atomic mass is 10.2. The van der Waals surface area contributed by atoms with Crippen LogP contribution in [0.3, 0.4) is 0 Å². The molecule has 0 saturated carbocycles. The van der Waals surface area contributed by atoms with Crippen LogP contribution in [0.2, 0.25) is 0 Å². The minimum absolute atomic E-state index is 0. The molecular formula is C18H26FIN4O2. The Labute approximate surface area is 170 Å². The summed E-state index contributed by atoms with van der Waals surface area (Å²) in [6.07, 6.45) is 1.55. The Morgan fingerprint density at radius 2 is 1.88 bits per heavy atom. The van der Waals surface area contributed by atoms with E-state index in [-0.39, 0.29) is 41.8 Å². The van der Waals surface area contributed by atoms with Crippen molar-refractivity contribution in [1.29, 1.82) is 0 Å². The first kappa shape index (κ1) is 20.9. The van der Waals surface area contributed by atoms with Crippen LogP contribution in [0.5, 0.6) is 0 Å². The Kier molecular flexibility index (Phi) is 8.08. The summed E-state index contributed by atoms with van der Waals surface area (Å²) in [7, 11) is 1.75. The van der Waals surface area contributed by atoms with Crippen LogP contribution >= 0.6 is 24.0 Å². The van der Waals surface area contributed by atoms with E-state index in [2.05, 4.69) is 15.2 Å². The van der Waals surface area contributed by atoms with Crippen molar-refractivity contribution >= 4 is 35.8 Å². The molecule has 3 rings (SSSR count). The lowest BCUT2D eigenvalue weighted by Crippen LogP contribution is -2.55. The molecule has 2 aliphatic heterocycles. The number of carbonyl (C=O) groups is 1. The fraction of sp³-hybridized carbons (Fsp3) is 0.556. The normalized spacial score (nSPS) is 20.7. The first-order valence-electron chi connectivity index (χ1n) is 8.78. The van der Waals surface area contributed by atoms with Gasteiger partial charge in [0, 0.05) is 46.4 Å². The largest absolute Gasteiger partial charge is 0.368 e. The fourth-order valence-corrected chi connectivity index (χ4v) is 3.23. The number of guanidine groups is 1. The maximum absolute atomic E-state index is 13.0. The zero-order valence-corrected chi connectivity index (χ0v) is 17.3. The third kappa shape index (κ3) is 5.29. The van der Waals surface area contributed by atoms with Crippen LogP contribution in [0, 0.1) is 5.82 Å². The van der Waals surface area contributed by atoms with Crippen LogP contribution in [0.4, 0.5) is 4.39 Å². The monoisotopic (exact) mass is 476 g/mol. The molecule has 1 N–H and O–H groups in total. The van der Waals surface area contributed by atoms with Crippen molar-refractivity contribution in [2.45, 2.75) is 25.5 Å². The van der Waals surface area contributed by atoms with Gasteiger partial charge in [0.1, 0.15) is 11.9 Å². The second-order valence-electron chi connectivity index (χ2n) is 6.34. The molecule has 144 valence electrons. The Morgan fingerprint density at radius 3 is 2.46 bits per heavy atom. The number of nitrogens with zero attached hydrogens (tertiary/aromatic N) is 3. The molecule has 2 heterocycles. The molecule has 2 fully saturated rings. The van der Waals surface area contributed by atoms with Crippen LogP contribution in [-0.4, -0.2) is 67.6 Å². The van der Waals surface area contributed by atoms with Gasteiger partial charge in [-0.15, -0.1) is 24.0 Å². The summed E-state index contributed by atoms with van der Waals surface area (Å²) >= 11 is 0. The highest BCUT2D eigenvalue weighted by Crippen LogP contribution is 2.16. The van der Waals surface area contributed by atoms with Gasteiger partial charge in [-0.1, -0.05) is 12.1 Å². The van der Waals surface area contributed by atoms with E-state index < -0.39 is 0 Å². The molecule has 26 heavy (non-hydrogen) atoms. The standard InChI is InChI=1S/C18H25FN4O2.HI/c1-20-18(21-13-14-4-6-15(19)7-5-14)23-10-8-22(9-11-23)17(24)16-3-2-12-25-16;/h4-7,16H,2-3,8-13H2,1H3,(H,20,21);1H. The number of hydrogen-bond acceptors (Lipinski definition) is 3. The van der Waals surface area contributed by atoms with Crippen molar-refractivity contribution in [3.63, 3.8) is 0 Å². The lowest BCUT2D eigenvalue weighted by molar-refractivity contribution is -0.142. The van der Waals surface area contributed by atoms with Crippen molar-refractivity contribution in [2.75, 3.05) is 39.8 Å². The molecule has 0 radical (unpaired) electrons. The minimum Gasteiger partial charge on any atom is -0.368 e. The smallest absolute Gasteiger partial charge is 0.251 e. The molecule has 2 aliphatic rings. The quantitative estimate of drug-likeness (QED) is 0.411. The maximum atomic E-state index is 13.0. The molecule has 1 aromatic carbocycles. The molecule has 0 spiro atoms. The van der Waals surface area contributed by atoms with Crippen molar-refractivity contribution in [3.05, 3.63) is 35.6 Å². The first-order chi connectivity index (χ1) is 12.2. The Hall–Kier alpha value is -1.42. The minimum atomic E-state index is -0.248. The van der Waals surface area contributed by atoms with Gasteiger partial charge in [0.2, 0.25) is 0 Å². The number of halogens is 2. The molecule has 1 amide bonds. The molecule has 1 aromatic rings. The Bertz CT molecular complexity index is 612. The van der Waals surface area contributed by atoms with Crippen molar-refractivity contribution in [1.82, 2.24) is 15.1 Å². The SMILES string of the molecule is CN=C(NCc1ccc(F)cc1)N1CCN(C(=O)C2CCCO2)CC1.I. The number of aliphatic imine (C=N–C) groups is 1. The van der Waals surface area contributed by atoms with Crippen LogP contribution in [-0.2, 0) is 16.1 Å². The van der Waals surface area contributed by atoms with Gasteiger partial charge >= 0.3 is 0 Å². The second kappa shape index (κ2) is 10.1. The van der Waals surface area contributed by atoms with Gasteiger partial charge in [0.25, 0.3) is 5.91 Å². The van der Waals surface area contributed by atoms with Gasteiger partial charge in [-0.25, -0.2) is 4.39 Å². The first-order valence-corrected chi connectivity index (χ1v) is 8.78. The van der Waals surface area contributed by atoms with Crippen LogP contribution < -0.4 is 5.32 Å². The van der Waals surface area contributed by atoms with E-state index in [1.165, 1.54) is 12.1 Å². The number of rotatable bonds is 3. The summed E-state index contributed by atoms with van der Waals surface area (Å²) in [4.78, 5) is 20.7. The highest BCUT2D eigenvalue weighted by molar-refractivity contribution is 14.0. The molecule has 8 heteroatoms. The molecular weight excluding hydrogens is 450 g/mol. The van der Waals surface area contributed by atoms with E-state index in [1.807, 2.05) is 4.90 Å². The fourth-order valence-electron chi connectivity index (χ4n) is 3.23. The molecule has 0 aromatic heterocycles. The van der Waals surface area contributed by atoms with E-state index in [0.29, 0.717) is 26.2 Å². The van der Waals surface area contributed by atoms with Crippen LogP contribution in [0.1, 0.15) is 18.4 Å². The number of piperazine rings is 1. The topological polar surface area (TPSA) is 57.2 Å². The third-order valence-electron chi connectivity index (χ3n) is 4.67. The van der Waals surface area contributed by atoms with E-state index in [9.17, 15) is 9.18 Å². The zero-order valence-electron chi connectivity index (χ0n) is 15.0. The Morgan fingerprint density at radius 1 is 1.23 bits per heavy atom. The second-order valence-corrected chi connectivity index (χ2v) is 6.34. The highest BCUT2D eigenvalue weighted by Gasteiger charge is 2.30. The summed E-state index contributed by atoms with van der Waals surface area (Å²) in [6.45, 7) is 4.10. The molecule has 0 bridgehead atoms. The van der Waals surface area contributed by atoms with Gasteiger partial charge < -0.3 is 19.9 Å². The third-order valence-corrected chi connectivity index (χ3v) is 4.67. The molecule has 2 saturated heterocycles. The van der Waals surface area contributed by atoms with Gasteiger partial charge in [-0.2, -0.15) is 0 Å². The average Bonchev–Trinajstić information content (AvgIpc) is 3.18. The molecule has 0 aliphatic carbocycles. The lowest BCUT2D eigenvalue weighted by Gasteiger charge is -2.37. The molecule has 1 atom stereocenters. The van der Waals surface area contributed by atoms with Crippen molar-refractivity contribution < 1.29 is 13.9 Å². The van der Waals surface area contributed by atoms with Gasteiger partial charge in [-0.05, 0) is 30.5 Å². The van der Waals surface area contributed by atoms with Crippen LogP contribution in [0.15, 0.2) is 29.3 Å². The molecule has 6 nitrogen and oxygen atoms in total. The highest BCUT2D eigenvalue weighted by atomic mass is 127. The van der Waals surface area contributed by atoms with E-state index >= 15 is 0 Å². The average molecular weight is 476 g/mol. The maximum Gasteiger partial charge on any atom is 0.251 e. The predicted octanol–water partition coefficient (Wildman–Crippen LogP) is 1.84. The number of ether oxygens (including phenoxy) is 1. The molecule has 1 unspecified atom stereocenters. The number of hydrogen-bond donors (Lipinski definition) is 1.